The van der Waals surface area contributed by atoms with Gasteiger partial charge in [0, 0.05) is 243 Å². The Morgan fingerprint density at radius 1 is 0.352 bits per heavy atom. The highest BCUT2D eigenvalue weighted by atomic mass is 32.1. The monoisotopic (exact) mass is 1730 g/mol. The standard InChI is InChI=1S/C25H30N8.C25H31N7.C24H29N7S.C24H29N7/c1-30-10-12-32(13-11-30)18-6-8-31(9-7-18)19-15-27-25-22(16-28-33(25)17-19)21-14-24(26)29-23-5-3-2-4-20(21)23;1-18-13-22-21(3-6-26-24(22)14-18)23-16-28-32-17-20(15-27-25(23)32)30-7-4-19(5-8-30)31-11-9-29(2)10-12-31;1-17-13-22-23(32-17)20(3-6-25-22)21-15-27-31-16-19(14-26-24(21)31)29-7-4-18(5-8-29)30-11-9-28(2)10-12-30;1-28-11-13-30(14-12-28)18-6-9-29(10-7-18)19-15-26-24-22(16-27-31(24)17-19)20-5-8-25-23-4-2-3-21(20)23/h2-5,14-18H,6-13H2,1H3,(H2,26,29);3,6,14-17,19H,4-5,7-13H2,1-2H3;3,6,13-16,18H,4-5,7-12H2,1-2H3;2,4-5,8,15-18H,3,6-7,9-14H2,1H3. The van der Waals surface area contributed by atoms with Gasteiger partial charge in [-0.2, -0.15) is 20.4 Å². The molecule has 0 radical (unpaired) electrons. The van der Waals surface area contributed by atoms with E-state index in [-0.39, 0.29) is 0 Å². The summed E-state index contributed by atoms with van der Waals surface area (Å²) in [5.41, 5.74) is 31.1. The summed E-state index contributed by atoms with van der Waals surface area (Å²) in [4.78, 5) is 69.0. The lowest BCUT2D eigenvalue weighted by atomic mass is 10.0. The van der Waals surface area contributed by atoms with Crippen molar-refractivity contribution in [3.8, 4) is 44.5 Å². The average molecular weight is 1740 g/mol. The van der Waals surface area contributed by atoms with Gasteiger partial charge in [0.05, 0.1) is 124 Å². The number of likely N-dealkylation sites (N-methyl/N-ethyl adjacent to an activating group) is 4. The summed E-state index contributed by atoms with van der Waals surface area (Å²) in [5.74, 6) is 0.503. The summed E-state index contributed by atoms with van der Waals surface area (Å²) in [6, 6.07) is 21.2. The van der Waals surface area contributed by atoms with Gasteiger partial charge in [0.25, 0.3) is 0 Å². The number of aryl methyl sites for hydroxylation is 1. The summed E-state index contributed by atoms with van der Waals surface area (Å²) >= 11 is 1.78. The first-order valence-electron chi connectivity index (χ1n) is 46.6. The van der Waals surface area contributed by atoms with Gasteiger partial charge in [0.15, 0.2) is 22.6 Å². The van der Waals surface area contributed by atoms with Gasteiger partial charge < -0.3 is 44.9 Å². The Morgan fingerprint density at radius 2 is 0.719 bits per heavy atom. The first-order chi connectivity index (χ1) is 62.7. The van der Waals surface area contributed by atoms with Gasteiger partial charge in [-0.1, -0.05) is 29.8 Å². The van der Waals surface area contributed by atoms with Crippen LogP contribution in [0.4, 0.5) is 28.6 Å². The van der Waals surface area contributed by atoms with Crippen molar-refractivity contribution in [1.82, 2.24) is 118 Å². The van der Waals surface area contributed by atoms with E-state index in [4.69, 9.17) is 25.7 Å². The lowest BCUT2D eigenvalue weighted by Gasteiger charge is -2.42. The molecule has 128 heavy (non-hydrogen) atoms. The van der Waals surface area contributed by atoms with Crippen LogP contribution in [0, 0.1) is 6.92 Å². The van der Waals surface area contributed by atoms with Gasteiger partial charge in [0.1, 0.15) is 5.82 Å². The van der Waals surface area contributed by atoms with E-state index in [9.17, 15) is 0 Å². The van der Waals surface area contributed by atoms with Gasteiger partial charge in [-0.25, -0.2) is 43.0 Å². The van der Waals surface area contributed by atoms with Gasteiger partial charge in [-0.15, -0.1) is 11.3 Å². The summed E-state index contributed by atoms with van der Waals surface area (Å²) < 4.78 is 8.91. The Labute approximate surface area is 752 Å². The molecule has 24 rings (SSSR count). The lowest BCUT2D eigenvalue weighted by molar-refractivity contribution is 0.0982. The van der Waals surface area contributed by atoms with Crippen LogP contribution in [-0.4, -0.2) is 327 Å². The molecule has 2 N–H and O–H groups in total. The molecule has 14 aromatic rings. The zero-order valence-electron chi connectivity index (χ0n) is 74.9. The van der Waals surface area contributed by atoms with Gasteiger partial charge in [-0.3, -0.25) is 34.6 Å². The Morgan fingerprint density at radius 3 is 1.14 bits per heavy atom. The highest BCUT2D eigenvalue weighted by Gasteiger charge is 2.34. The minimum Gasteiger partial charge on any atom is -0.384 e. The van der Waals surface area contributed by atoms with Crippen molar-refractivity contribution in [2.24, 2.45) is 0 Å². The van der Waals surface area contributed by atoms with Crippen molar-refractivity contribution in [3.05, 3.63) is 187 Å². The van der Waals surface area contributed by atoms with Gasteiger partial charge >= 0.3 is 0 Å². The zero-order valence-corrected chi connectivity index (χ0v) is 75.8. The van der Waals surface area contributed by atoms with E-state index < -0.39 is 0 Å². The molecule has 13 aromatic heterocycles. The number of fused-ring (bicyclic) bond motifs is 8. The minimum atomic E-state index is 0.503. The predicted molar refractivity (Wildman–Crippen MR) is 514 cm³/mol. The van der Waals surface area contributed by atoms with Crippen molar-refractivity contribution in [3.63, 3.8) is 0 Å². The van der Waals surface area contributed by atoms with Gasteiger partial charge in [-0.05, 0) is 177 Å². The smallest absolute Gasteiger partial charge is 0.162 e. The van der Waals surface area contributed by atoms with Crippen LogP contribution in [-0.2, 0) is 12.8 Å². The van der Waals surface area contributed by atoms with Crippen LogP contribution in [0.15, 0.2) is 159 Å². The predicted octanol–water partition coefficient (Wildman–Crippen LogP) is 11.8. The molecule has 21 heterocycles. The lowest BCUT2D eigenvalue weighted by Crippen LogP contribution is -2.52. The quantitative estimate of drug-likeness (QED) is 0.120. The number of piperidine rings is 4. The molecule has 0 saturated carbocycles. The number of aromatic nitrogens is 16. The molecule has 0 unspecified atom stereocenters. The molecule has 8 aliphatic heterocycles. The zero-order chi connectivity index (χ0) is 86.5. The summed E-state index contributed by atoms with van der Waals surface area (Å²) in [6.07, 6.45) is 48.1. The SMILES string of the molecule is CC1=Cc2nccc(-c3cnn4cc(N5CCC(N6CCN(C)CC6)CC5)cnc34)c2C1.CN1CCN(C2CCN(c3cnc4c(-c5cc(N)nc6ccccc56)cnn4c3)CC2)CC1.CN1CCN(C2CCN(c3cnc4c(-c5ccnc6c5CC=C6)cnn4c3)CC2)CC1.Cc1cc2nccc(-c3cnn4cc(N5CCC(N6CCN(C)CC6)CC5)cnc34)c2s1. The molecule has 0 bridgehead atoms. The largest absolute Gasteiger partial charge is 0.384 e. The van der Waals surface area contributed by atoms with Crippen molar-refractivity contribution in [2.45, 2.75) is 102 Å². The second-order valence-corrected chi connectivity index (χ2v) is 38.3. The topological polar surface area (TPSA) is 237 Å². The van der Waals surface area contributed by atoms with Crippen molar-refractivity contribution < 1.29 is 0 Å². The second-order valence-electron chi connectivity index (χ2n) is 37.0. The first kappa shape index (κ1) is 83.6. The Balaban J connectivity index is 0.000000104. The highest BCUT2D eigenvalue weighted by molar-refractivity contribution is 7.19. The third-order valence-corrected chi connectivity index (χ3v) is 30.0. The van der Waals surface area contributed by atoms with Crippen LogP contribution in [0.1, 0.15) is 85.7 Å². The fraction of sp³-hybridized carbons (Fsp3) is 0.449. The van der Waals surface area contributed by atoms with E-state index in [0.717, 1.165) is 178 Å². The van der Waals surface area contributed by atoms with Crippen LogP contribution in [0.5, 0.6) is 0 Å². The molecule has 10 aliphatic rings. The average Bonchev–Trinajstić information content (AvgIpc) is 1.68. The molecule has 30 heteroatoms. The fourth-order valence-electron chi connectivity index (χ4n) is 21.3. The number of piperazine rings is 4. The second kappa shape index (κ2) is 36.7. The molecular formula is C98H119N29S. The van der Waals surface area contributed by atoms with Crippen molar-refractivity contribution in [2.75, 3.05) is 211 Å². The van der Waals surface area contributed by atoms with Crippen LogP contribution in [0.25, 0.3) is 100 Å². The molecule has 662 valence electrons. The fourth-order valence-corrected chi connectivity index (χ4v) is 22.3. The number of nitrogens with two attached hydrogens (primary N) is 1. The molecule has 0 amide bonds. The van der Waals surface area contributed by atoms with Crippen LogP contribution < -0.4 is 25.3 Å². The number of hydrogen-bond donors (Lipinski definition) is 1. The Bertz CT molecular complexity index is 6340. The molecule has 29 nitrogen and oxygen atoms in total. The van der Waals surface area contributed by atoms with Crippen LogP contribution in [0.3, 0.4) is 0 Å². The third-order valence-electron chi connectivity index (χ3n) is 29.0. The normalized spacial score (nSPS) is 19.9. The van der Waals surface area contributed by atoms with E-state index in [1.165, 1.54) is 205 Å². The first-order valence-corrected chi connectivity index (χ1v) is 47.4. The molecule has 8 saturated heterocycles. The number of thiophene rings is 1. The van der Waals surface area contributed by atoms with E-state index in [2.05, 4.69) is 215 Å². The third kappa shape index (κ3) is 17.4. The Kier molecular flexibility index (Phi) is 23.9. The Hall–Kier alpha value is -11.3. The van der Waals surface area contributed by atoms with E-state index in [1.54, 1.807) is 11.3 Å². The molecule has 2 aliphatic carbocycles. The molecule has 0 atom stereocenters. The van der Waals surface area contributed by atoms with Gasteiger partial charge in [0.2, 0.25) is 0 Å². The summed E-state index contributed by atoms with van der Waals surface area (Å²) in [7, 11) is 8.89. The van der Waals surface area contributed by atoms with E-state index in [0.29, 0.717) is 11.9 Å². The molecule has 8 fully saturated rings. The minimum absolute atomic E-state index is 0.503. The van der Waals surface area contributed by atoms with Crippen molar-refractivity contribution >= 4 is 95.8 Å². The number of rotatable bonds is 12. The molecule has 0 spiro atoms. The number of pyridine rings is 4. The van der Waals surface area contributed by atoms with Crippen LogP contribution in [0.2, 0.25) is 0 Å². The summed E-state index contributed by atoms with van der Waals surface area (Å²) in [6.45, 7) is 32.1. The number of nitrogens with zero attached hydrogens (tertiary/aromatic N) is 28. The highest BCUT2D eigenvalue weighted by Crippen LogP contribution is 2.40. The van der Waals surface area contributed by atoms with E-state index >= 15 is 0 Å². The maximum Gasteiger partial charge on any atom is 0.162 e. The maximum absolute atomic E-state index is 6.10. The molecule has 1 aromatic carbocycles. The van der Waals surface area contributed by atoms with Crippen LogP contribution >= 0.6 is 11.3 Å². The number of anilines is 5. The van der Waals surface area contributed by atoms with Crippen molar-refractivity contribution in [1.29, 1.82) is 0 Å². The number of benzene rings is 1. The number of para-hydroxylation sites is 1. The summed E-state index contributed by atoms with van der Waals surface area (Å²) in [5, 5.41) is 19.7. The number of nitrogen functional groups attached to an aromatic ring is 1. The molecular weight excluding hydrogens is 1620 g/mol. The number of allylic oxidation sites excluding steroid dienone is 2. The number of hydrogen-bond acceptors (Lipinski definition) is 26. The maximum atomic E-state index is 6.10. The van der Waals surface area contributed by atoms with E-state index in [1.807, 2.05) is 110 Å².